The van der Waals surface area contributed by atoms with Gasteiger partial charge in [0, 0.05) is 18.5 Å². The average Bonchev–Trinajstić information content (AvgIpc) is 2.19. The molecule has 0 bridgehead atoms. The number of likely N-dealkylation sites (tertiary alicyclic amines) is 1. The highest BCUT2D eigenvalue weighted by Crippen LogP contribution is 2.10. The van der Waals surface area contributed by atoms with E-state index in [0.717, 1.165) is 6.42 Å². The Labute approximate surface area is 88.1 Å². The van der Waals surface area contributed by atoms with Crippen LogP contribution in [0.1, 0.15) is 33.1 Å². The standard InChI is InChI=1S/C12H22N2/c1-4-6-11(3)13-12-7-9-14(5-2)10-8-12/h1,11-13H,5-10H2,2-3H3. The Bertz CT molecular complexity index is 187. The zero-order valence-corrected chi connectivity index (χ0v) is 9.42. The molecule has 1 unspecified atom stereocenters. The van der Waals surface area contributed by atoms with Crippen molar-refractivity contribution in [3.8, 4) is 12.3 Å². The fourth-order valence-electron chi connectivity index (χ4n) is 2.05. The van der Waals surface area contributed by atoms with Gasteiger partial charge in [0.05, 0.1) is 0 Å². The van der Waals surface area contributed by atoms with Gasteiger partial charge in [-0.25, -0.2) is 0 Å². The quantitative estimate of drug-likeness (QED) is 0.682. The van der Waals surface area contributed by atoms with Crippen molar-refractivity contribution in [1.29, 1.82) is 0 Å². The van der Waals surface area contributed by atoms with Crippen LogP contribution in [0, 0.1) is 12.3 Å². The molecule has 0 aromatic heterocycles. The van der Waals surface area contributed by atoms with Crippen LogP contribution in [0.5, 0.6) is 0 Å². The topological polar surface area (TPSA) is 15.3 Å². The van der Waals surface area contributed by atoms with Crippen LogP contribution in [0.15, 0.2) is 0 Å². The lowest BCUT2D eigenvalue weighted by atomic mass is 10.0. The van der Waals surface area contributed by atoms with Crippen LogP contribution in [-0.4, -0.2) is 36.6 Å². The van der Waals surface area contributed by atoms with Crippen LogP contribution in [0.4, 0.5) is 0 Å². The third kappa shape index (κ3) is 3.69. The van der Waals surface area contributed by atoms with Gasteiger partial charge in [-0.3, -0.25) is 0 Å². The lowest BCUT2D eigenvalue weighted by Gasteiger charge is -2.32. The van der Waals surface area contributed by atoms with E-state index < -0.39 is 0 Å². The van der Waals surface area contributed by atoms with Gasteiger partial charge in [0.2, 0.25) is 0 Å². The molecule has 0 aliphatic carbocycles. The predicted molar refractivity (Wildman–Crippen MR) is 61.2 cm³/mol. The Morgan fingerprint density at radius 1 is 1.50 bits per heavy atom. The Morgan fingerprint density at radius 2 is 2.14 bits per heavy atom. The van der Waals surface area contributed by atoms with Gasteiger partial charge < -0.3 is 10.2 Å². The van der Waals surface area contributed by atoms with E-state index in [2.05, 4.69) is 30.0 Å². The molecule has 0 spiro atoms. The van der Waals surface area contributed by atoms with Crippen molar-refractivity contribution < 1.29 is 0 Å². The molecular formula is C12H22N2. The Balaban J connectivity index is 2.19. The minimum absolute atomic E-state index is 0.471. The molecule has 0 amide bonds. The first kappa shape index (κ1) is 11.6. The van der Waals surface area contributed by atoms with Crippen LogP contribution in [-0.2, 0) is 0 Å². The molecule has 0 radical (unpaired) electrons. The highest BCUT2D eigenvalue weighted by molar-refractivity contribution is 4.89. The summed E-state index contributed by atoms with van der Waals surface area (Å²) in [5, 5.41) is 3.60. The van der Waals surface area contributed by atoms with Crippen molar-refractivity contribution in [3.63, 3.8) is 0 Å². The van der Waals surface area contributed by atoms with Crippen molar-refractivity contribution in [3.05, 3.63) is 0 Å². The third-order valence-corrected chi connectivity index (χ3v) is 2.98. The summed E-state index contributed by atoms with van der Waals surface area (Å²) in [6.45, 7) is 8.06. The summed E-state index contributed by atoms with van der Waals surface area (Å²) >= 11 is 0. The van der Waals surface area contributed by atoms with Gasteiger partial charge in [0.25, 0.3) is 0 Å². The van der Waals surface area contributed by atoms with Crippen molar-refractivity contribution in [2.24, 2.45) is 0 Å². The second-order valence-electron chi connectivity index (χ2n) is 4.18. The zero-order chi connectivity index (χ0) is 10.4. The number of nitrogens with one attached hydrogen (secondary N) is 1. The maximum Gasteiger partial charge on any atom is 0.0238 e. The summed E-state index contributed by atoms with van der Waals surface area (Å²) in [6, 6.07) is 1.15. The summed E-state index contributed by atoms with van der Waals surface area (Å²) in [7, 11) is 0. The molecule has 1 aliphatic heterocycles. The van der Waals surface area contributed by atoms with Crippen LogP contribution < -0.4 is 5.32 Å². The van der Waals surface area contributed by atoms with Gasteiger partial charge >= 0.3 is 0 Å². The number of rotatable bonds is 4. The molecule has 2 heteroatoms. The third-order valence-electron chi connectivity index (χ3n) is 2.98. The minimum Gasteiger partial charge on any atom is -0.310 e. The van der Waals surface area contributed by atoms with Crippen LogP contribution in [0.3, 0.4) is 0 Å². The second kappa shape index (κ2) is 6.06. The van der Waals surface area contributed by atoms with Gasteiger partial charge in [-0.15, -0.1) is 12.3 Å². The Kier molecular flexibility index (Phi) is 5.00. The van der Waals surface area contributed by atoms with Crippen molar-refractivity contribution >= 4 is 0 Å². The molecule has 1 saturated heterocycles. The second-order valence-corrected chi connectivity index (χ2v) is 4.18. The summed E-state index contributed by atoms with van der Waals surface area (Å²) in [5.41, 5.74) is 0. The van der Waals surface area contributed by atoms with Crippen LogP contribution >= 0.6 is 0 Å². The maximum absolute atomic E-state index is 5.28. The smallest absolute Gasteiger partial charge is 0.0238 e. The van der Waals surface area contributed by atoms with Crippen molar-refractivity contribution in [2.75, 3.05) is 19.6 Å². The largest absolute Gasteiger partial charge is 0.310 e. The summed E-state index contributed by atoms with van der Waals surface area (Å²) in [4.78, 5) is 2.50. The summed E-state index contributed by atoms with van der Waals surface area (Å²) < 4.78 is 0. The van der Waals surface area contributed by atoms with Gasteiger partial charge in [0.1, 0.15) is 0 Å². The van der Waals surface area contributed by atoms with Gasteiger partial charge in [-0.05, 0) is 39.4 Å². The normalized spacial score (nSPS) is 21.8. The minimum atomic E-state index is 0.471. The highest BCUT2D eigenvalue weighted by Gasteiger charge is 2.18. The molecular weight excluding hydrogens is 172 g/mol. The Hall–Kier alpha value is -0.520. The number of hydrogen-bond donors (Lipinski definition) is 1. The van der Waals surface area contributed by atoms with E-state index in [1.54, 1.807) is 0 Å². The average molecular weight is 194 g/mol. The monoisotopic (exact) mass is 194 g/mol. The molecule has 0 aromatic rings. The SMILES string of the molecule is C#CCC(C)NC1CCN(CC)CC1. The molecule has 0 aromatic carbocycles. The van der Waals surface area contributed by atoms with E-state index in [4.69, 9.17) is 6.42 Å². The van der Waals surface area contributed by atoms with Gasteiger partial charge in [0.15, 0.2) is 0 Å². The van der Waals surface area contributed by atoms with E-state index in [-0.39, 0.29) is 0 Å². The first-order valence-electron chi connectivity index (χ1n) is 5.68. The number of piperidine rings is 1. The molecule has 0 saturated carbocycles. The fourth-order valence-corrected chi connectivity index (χ4v) is 2.05. The number of hydrogen-bond acceptors (Lipinski definition) is 2. The molecule has 1 fully saturated rings. The maximum atomic E-state index is 5.28. The van der Waals surface area contributed by atoms with E-state index in [9.17, 15) is 0 Å². The van der Waals surface area contributed by atoms with E-state index >= 15 is 0 Å². The van der Waals surface area contributed by atoms with E-state index in [0.29, 0.717) is 12.1 Å². The lowest BCUT2D eigenvalue weighted by Crippen LogP contribution is -2.45. The predicted octanol–water partition coefficient (Wildman–Crippen LogP) is 1.47. The van der Waals surface area contributed by atoms with E-state index in [1.165, 1.54) is 32.5 Å². The van der Waals surface area contributed by atoms with E-state index in [1.807, 2.05) is 0 Å². The molecule has 2 nitrogen and oxygen atoms in total. The molecule has 1 heterocycles. The van der Waals surface area contributed by atoms with Crippen LogP contribution in [0.2, 0.25) is 0 Å². The molecule has 1 rings (SSSR count). The first-order valence-corrected chi connectivity index (χ1v) is 5.68. The van der Waals surface area contributed by atoms with Gasteiger partial charge in [-0.2, -0.15) is 0 Å². The Morgan fingerprint density at radius 3 is 2.64 bits per heavy atom. The summed E-state index contributed by atoms with van der Waals surface area (Å²) in [6.07, 6.45) is 8.65. The highest BCUT2D eigenvalue weighted by atomic mass is 15.1. The number of terminal acetylenes is 1. The first-order chi connectivity index (χ1) is 6.76. The van der Waals surface area contributed by atoms with Crippen LogP contribution in [0.25, 0.3) is 0 Å². The molecule has 14 heavy (non-hydrogen) atoms. The number of nitrogens with zero attached hydrogens (tertiary/aromatic N) is 1. The molecule has 1 aliphatic rings. The molecule has 1 N–H and O–H groups in total. The molecule has 1 atom stereocenters. The molecule has 80 valence electrons. The van der Waals surface area contributed by atoms with Crippen molar-refractivity contribution in [1.82, 2.24) is 10.2 Å². The van der Waals surface area contributed by atoms with Crippen molar-refractivity contribution in [2.45, 2.75) is 45.2 Å². The summed E-state index contributed by atoms with van der Waals surface area (Å²) in [5.74, 6) is 2.70. The van der Waals surface area contributed by atoms with Gasteiger partial charge in [-0.1, -0.05) is 6.92 Å². The lowest BCUT2D eigenvalue weighted by molar-refractivity contribution is 0.200. The zero-order valence-electron chi connectivity index (χ0n) is 9.42. The fraction of sp³-hybridized carbons (Fsp3) is 0.833.